The van der Waals surface area contributed by atoms with Gasteiger partial charge in [-0.3, -0.25) is 4.90 Å². The van der Waals surface area contributed by atoms with Crippen LogP contribution in [0.1, 0.15) is 87.0 Å². The molecule has 1 saturated carbocycles. The molecule has 1 aliphatic rings. The Bertz CT molecular complexity index is 1040. The van der Waals surface area contributed by atoms with E-state index >= 15 is 0 Å². The maximum absolute atomic E-state index is 14.9. The third-order valence-electron chi connectivity index (χ3n) is 6.52. The molecule has 3 nitrogen and oxygen atoms in total. The number of nitrogens with two attached hydrogens (primary N) is 1. The van der Waals surface area contributed by atoms with Gasteiger partial charge in [-0.25, -0.2) is 4.39 Å². The molecular formula is C33H50ClFN2OS. The molecule has 0 heterocycles. The van der Waals surface area contributed by atoms with Gasteiger partial charge in [0.2, 0.25) is 0 Å². The van der Waals surface area contributed by atoms with Crippen molar-refractivity contribution in [3.63, 3.8) is 0 Å². The number of unbranched alkanes of at least 4 members (excludes halogenated alkanes) is 1. The lowest BCUT2D eigenvalue weighted by Crippen LogP contribution is -2.27. The quantitative estimate of drug-likeness (QED) is 0.127. The van der Waals surface area contributed by atoms with Crippen molar-refractivity contribution in [1.82, 2.24) is 4.90 Å². The maximum atomic E-state index is 14.9. The second-order valence-corrected chi connectivity index (χ2v) is 10.7. The first-order valence-electron chi connectivity index (χ1n) is 14.3. The van der Waals surface area contributed by atoms with Gasteiger partial charge in [-0.15, -0.1) is 0 Å². The monoisotopic (exact) mass is 576 g/mol. The van der Waals surface area contributed by atoms with Gasteiger partial charge in [0.05, 0.1) is 5.02 Å². The van der Waals surface area contributed by atoms with E-state index in [1.807, 2.05) is 19.1 Å². The SMILES string of the molecule is CCC.CO.Cc1ccc(-c2c(C3CC3)cc(CN(CC/C=C\CC/C=C/S)CCCN)c(C)c2Cl)c(F)c1. The number of rotatable bonds is 13. The zero-order valence-electron chi connectivity index (χ0n) is 24.6. The number of allylic oxidation sites excluding steroid dienone is 2. The average Bonchev–Trinajstić information content (AvgIpc) is 3.77. The summed E-state index contributed by atoms with van der Waals surface area (Å²) in [6, 6.07) is 7.74. The van der Waals surface area contributed by atoms with E-state index in [4.69, 9.17) is 22.4 Å². The van der Waals surface area contributed by atoms with Crippen LogP contribution in [-0.4, -0.2) is 36.8 Å². The van der Waals surface area contributed by atoms with Crippen LogP contribution in [0.25, 0.3) is 11.1 Å². The standard InChI is InChI=1S/C29H38ClFN2S.C3H8.CH4O/c1-21-10-13-25(27(31)18-21)28-26(23-11-12-23)19-24(22(2)29(28)30)20-33(16-9-14-32)15-7-5-3-4-6-8-17-34;1-3-2;1-2/h3,5,8,10,13,17-19,23,34H,4,6-7,9,11-12,14-16,20,32H2,1-2H3;3H2,1-2H3;2H,1H3/b5-3-,17-8+;;. The van der Waals surface area contributed by atoms with Crippen molar-refractivity contribution in [2.45, 2.75) is 85.1 Å². The summed E-state index contributed by atoms with van der Waals surface area (Å²) in [5.74, 6) is 0.274. The topological polar surface area (TPSA) is 49.5 Å². The van der Waals surface area contributed by atoms with Crippen LogP contribution in [-0.2, 0) is 6.54 Å². The first kappa shape index (κ1) is 35.4. The Kier molecular flexibility index (Phi) is 18.4. The highest BCUT2D eigenvalue weighted by Gasteiger charge is 2.30. The van der Waals surface area contributed by atoms with Crippen molar-refractivity contribution < 1.29 is 9.50 Å². The van der Waals surface area contributed by atoms with E-state index in [2.05, 4.69) is 62.6 Å². The fourth-order valence-corrected chi connectivity index (χ4v) is 4.87. The molecule has 1 fully saturated rings. The van der Waals surface area contributed by atoms with Crippen molar-refractivity contribution in [1.29, 1.82) is 0 Å². The molecule has 3 N–H and O–H groups in total. The summed E-state index contributed by atoms with van der Waals surface area (Å²) in [4.78, 5) is 2.46. The summed E-state index contributed by atoms with van der Waals surface area (Å²) in [5, 5.41) is 9.49. The fourth-order valence-electron chi connectivity index (χ4n) is 4.39. The number of aryl methyl sites for hydroxylation is 1. The van der Waals surface area contributed by atoms with Gasteiger partial charge in [-0.2, -0.15) is 12.6 Å². The largest absolute Gasteiger partial charge is 0.400 e. The molecule has 0 bridgehead atoms. The zero-order valence-corrected chi connectivity index (χ0v) is 26.3. The van der Waals surface area contributed by atoms with Crippen molar-refractivity contribution in [2.75, 3.05) is 26.7 Å². The lowest BCUT2D eigenvalue weighted by atomic mass is 9.90. The minimum Gasteiger partial charge on any atom is -0.400 e. The van der Waals surface area contributed by atoms with Gasteiger partial charge in [-0.1, -0.05) is 68.3 Å². The summed E-state index contributed by atoms with van der Waals surface area (Å²) in [6.07, 6.45) is 14.1. The molecule has 0 radical (unpaired) electrons. The van der Waals surface area contributed by atoms with Gasteiger partial charge in [0.1, 0.15) is 5.82 Å². The molecule has 218 valence electrons. The number of benzene rings is 2. The van der Waals surface area contributed by atoms with Crippen LogP contribution in [0.5, 0.6) is 0 Å². The van der Waals surface area contributed by atoms with Crippen LogP contribution in [0.3, 0.4) is 0 Å². The minimum atomic E-state index is -0.197. The van der Waals surface area contributed by atoms with Gasteiger partial charge in [0.15, 0.2) is 0 Å². The Morgan fingerprint density at radius 1 is 1.05 bits per heavy atom. The third kappa shape index (κ3) is 12.2. The van der Waals surface area contributed by atoms with E-state index in [9.17, 15) is 4.39 Å². The predicted molar refractivity (Wildman–Crippen MR) is 172 cm³/mol. The summed E-state index contributed by atoms with van der Waals surface area (Å²) < 4.78 is 14.9. The van der Waals surface area contributed by atoms with Crippen LogP contribution in [0.4, 0.5) is 4.39 Å². The van der Waals surface area contributed by atoms with Gasteiger partial charge < -0.3 is 10.8 Å². The Hall–Kier alpha value is -1.63. The molecule has 0 atom stereocenters. The van der Waals surface area contributed by atoms with E-state index < -0.39 is 0 Å². The Balaban J connectivity index is 0.00000142. The van der Waals surface area contributed by atoms with Crippen LogP contribution < -0.4 is 5.73 Å². The Labute approximate surface area is 247 Å². The van der Waals surface area contributed by atoms with Crippen molar-refractivity contribution >= 4 is 24.2 Å². The van der Waals surface area contributed by atoms with Crippen molar-refractivity contribution in [2.24, 2.45) is 5.73 Å². The second-order valence-electron chi connectivity index (χ2n) is 10.0. The normalized spacial score (nSPS) is 13.0. The van der Waals surface area contributed by atoms with Crippen molar-refractivity contribution in [3.05, 3.63) is 81.0 Å². The second kappa shape index (κ2) is 20.3. The molecule has 39 heavy (non-hydrogen) atoms. The summed E-state index contributed by atoms with van der Waals surface area (Å²) in [7, 11) is 1.00. The lowest BCUT2D eigenvalue weighted by molar-refractivity contribution is 0.268. The molecule has 0 unspecified atom stereocenters. The summed E-state index contributed by atoms with van der Waals surface area (Å²) in [5.41, 5.74) is 11.7. The molecule has 1 aliphatic carbocycles. The van der Waals surface area contributed by atoms with Crippen LogP contribution >= 0.6 is 24.2 Å². The minimum absolute atomic E-state index is 0.197. The third-order valence-corrected chi connectivity index (χ3v) is 7.20. The van der Waals surface area contributed by atoms with Crippen LogP contribution in [0, 0.1) is 19.7 Å². The van der Waals surface area contributed by atoms with E-state index in [-0.39, 0.29) is 5.82 Å². The number of thiol groups is 1. The van der Waals surface area contributed by atoms with Crippen LogP contribution in [0.2, 0.25) is 5.02 Å². The van der Waals surface area contributed by atoms with Gasteiger partial charge >= 0.3 is 0 Å². The predicted octanol–water partition coefficient (Wildman–Crippen LogP) is 8.99. The van der Waals surface area contributed by atoms with E-state index in [1.165, 1.54) is 17.5 Å². The smallest absolute Gasteiger partial charge is 0.131 e. The molecular weight excluding hydrogens is 527 g/mol. The van der Waals surface area contributed by atoms with E-state index in [1.54, 1.807) is 11.5 Å². The summed E-state index contributed by atoms with van der Waals surface area (Å²) in [6.45, 7) is 11.7. The highest BCUT2D eigenvalue weighted by Crippen LogP contribution is 2.48. The van der Waals surface area contributed by atoms with Gasteiger partial charge in [0, 0.05) is 31.3 Å². The Morgan fingerprint density at radius 2 is 1.69 bits per heavy atom. The van der Waals surface area contributed by atoms with Crippen LogP contribution in [0.15, 0.2) is 47.9 Å². The highest BCUT2D eigenvalue weighted by atomic mass is 35.5. The number of aliphatic hydroxyl groups is 1. The first-order chi connectivity index (χ1) is 18.9. The Morgan fingerprint density at radius 3 is 2.28 bits per heavy atom. The molecule has 0 saturated heterocycles. The molecule has 0 aromatic heterocycles. The molecule has 2 aromatic carbocycles. The maximum Gasteiger partial charge on any atom is 0.131 e. The van der Waals surface area contributed by atoms with E-state index in [0.717, 1.165) is 82.0 Å². The van der Waals surface area contributed by atoms with E-state index in [0.29, 0.717) is 23.0 Å². The molecule has 2 aromatic rings. The lowest BCUT2D eigenvalue weighted by Gasteiger charge is -2.25. The zero-order chi connectivity index (χ0) is 29.2. The average molecular weight is 577 g/mol. The number of hydrogen-bond donors (Lipinski definition) is 3. The number of halogens is 2. The molecule has 6 heteroatoms. The molecule has 0 spiro atoms. The molecule has 0 aliphatic heterocycles. The summed E-state index contributed by atoms with van der Waals surface area (Å²) >= 11 is 11.1. The number of hydrogen-bond acceptors (Lipinski definition) is 4. The fraction of sp³-hybridized carbons (Fsp3) is 0.515. The van der Waals surface area contributed by atoms with Gasteiger partial charge in [0.25, 0.3) is 0 Å². The van der Waals surface area contributed by atoms with Gasteiger partial charge in [-0.05, 0) is 105 Å². The highest BCUT2D eigenvalue weighted by molar-refractivity contribution is 7.83. The number of aliphatic hydroxyl groups excluding tert-OH is 1. The van der Waals surface area contributed by atoms with Crippen molar-refractivity contribution in [3.8, 4) is 11.1 Å². The molecule has 0 amide bonds. The molecule has 3 rings (SSSR count). The first-order valence-corrected chi connectivity index (χ1v) is 15.2. The number of nitrogens with zero attached hydrogens (tertiary/aromatic N) is 1.